The lowest BCUT2D eigenvalue weighted by Gasteiger charge is -2.09. The van der Waals surface area contributed by atoms with E-state index in [4.69, 9.17) is 9.47 Å². The van der Waals surface area contributed by atoms with Gasteiger partial charge in [-0.2, -0.15) is 4.99 Å². The highest BCUT2D eigenvalue weighted by Gasteiger charge is 2.17. The van der Waals surface area contributed by atoms with Crippen molar-refractivity contribution in [1.29, 1.82) is 0 Å². The summed E-state index contributed by atoms with van der Waals surface area (Å²) in [7, 11) is 2.79. The molecule has 0 bridgehead atoms. The second-order valence-corrected chi connectivity index (χ2v) is 5.48. The summed E-state index contributed by atoms with van der Waals surface area (Å²) in [6.07, 6.45) is -0.990. The Hall–Kier alpha value is -1.89. The first-order valence-corrected chi connectivity index (χ1v) is 7.35. The van der Waals surface area contributed by atoms with Crippen LogP contribution in [0.3, 0.4) is 0 Å². The van der Waals surface area contributed by atoms with Crippen LogP contribution in [0.5, 0.6) is 5.75 Å². The van der Waals surface area contributed by atoms with Gasteiger partial charge in [-0.1, -0.05) is 6.07 Å². The maximum atomic E-state index is 11.7. The zero-order chi connectivity index (χ0) is 16.7. The number of ether oxygens (including phenoxy) is 3. The summed E-state index contributed by atoms with van der Waals surface area (Å²) in [5.41, 5.74) is 0.749. The molecule has 0 saturated carbocycles. The molecule has 120 valence electrons. The Morgan fingerprint density at radius 3 is 2.45 bits per heavy atom. The molecule has 1 aromatic carbocycles. The summed E-state index contributed by atoms with van der Waals surface area (Å²) in [5.74, 6) is -0.00725. The highest BCUT2D eigenvalue weighted by Crippen LogP contribution is 2.25. The van der Waals surface area contributed by atoms with E-state index in [1.54, 1.807) is 39.2 Å². The Bertz CT molecular complexity index is 583. The lowest BCUT2D eigenvalue weighted by atomic mass is 10.1. The van der Waals surface area contributed by atoms with Crippen molar-refractivity contribution in [2.45, 2.75) is 26.4 Å². The van der Waals surface area contributed by atoms with Gasteiger partial charge in [-0.05, 0) is 47.5 Å². The van der Waals surface area contributed by atoms with Crippen LogP contribution in [0, 0.1) is 0 Å². The third-order valence-electron chi connectivity index (χ3n) is 2.57. The number of halogens is 1. The number of amides is 1. The van der Waals surface area contributed by atoms with Crippen LogP contribution in [0.15, 0.2) is 27.7 Å². The fourth-order valence-corrected chi connectivity index (χ4v) is 2.21. The highest BCUT2D eigenvalue weighted by molar-refractivity contribution is 9.10. The number of methoxy groups -OCH3 is 2. The first kappa shape index (κ1) is 18.2. The number of rotatable bonds is 5. The number of esters is 1. The molecule has 0 unspecified atom stereocenters. The van der Waals surface area contributed by atoms with Gasteiger partial charge in [0.05, 0.1) is 24.8 Å². The summed E-state index contributed by atoms with van der Waals surface area (Å²) >= 11 is 3.36. The Kier molecular flexibility index (Phi) is 7.04. The maximum Gasteiger partial charge on any atom is 0.434 e. The van der Waals surface area contributed by atoms with Crippen LogP contribution in [-0.2, 0) is 20.7 Å². The van der Waals surface area contributed by atoms with Crippen molar-refractivity contribution >= 4 is 33.7 Å². The lowest BCUT2D eigenvalue weighted by Crippen LogP contribution is -2.21. The zero-order valence-corrected chi connectivity index (χ0v) is 14.5. The molecular weight excluding hydrogens is 354 g/mol. The smallest absolute Gasteiger partial charge is 0.434 e. The molecule has 0 saturated heterocycles. The Morgan fingerprint density at radius 2 is 1.95 bits per heavy atom. The average Bonchev–Trinajstić information content (AvgIpc) is 2.45. The molecule has 1 rings (SSSR count). The third-order valence-corrected chi connectivity index (χ3v) is 3.19. The van der Waals surface area contributed by atoms with Crippen molar-refractivity contribution in [3.63, 3.8) is 0 Å². The van der Waals surface area contributed by atoms with Crippen molar-refractivity contribution in [3.05, 3.63) is 28.2 Å². The van der Waals surface area contributed by atoms with Gasteiger partial charge < -0.3 is 14.2 Å². The minimum atomic E-state index is -0.817. The Balaban J connectivity index is 2.99. The molecule has 0 aliphatic heterocycles. The van der Waals surface area contributed by atoms with E-state index in [-0.39, 0.29) is 18.2 Å². The van der Waals surface area contributed by atoms with E-state index in [9.17, 15) is 9.59 Å². The van der Waals surface area contributed by atoms with Crippen molar-refractivity contribution in [3.8, 4) is 5.75 Å². The van der Waals surface area contributed by atoms with Gasteiger partial charge in [0.25, 0.3) is 0 Å². The molecule has 0 heterocycles. The summed E-state index contributed by atoms with van der Waals surface area (Å²) in [6.45, 7) is 3.40. The van der Waals surface area contributed by atoms with Crippen molar-refractivity contribution in [2.24, 2.45) is 4.99 Å². The Morgan fingerprint density at radius 1 is 1.27 bits per heavy atom. The van der Waals surface area contributed by atoms with Gasteiger partial charge in [0.15, 0.2) is 0 Å². The van der Waals surface area contributed by atoms with Crippen LogP contribution >= 0.6 is 15.9 Å². The molecule has 0 radical (unpaired) electrons. The van der Waals surface area contributed by atoms with Crippen LogP contribution in [0.1, 0.15) is 19.4 Å². The molecule has 1 aromatic rings. The van der Waals surface area contributed by atoms with Gasteiger partial charge in [-0.15, -0.1) is 0 Å². The lowest BCUT2D eigenvalue weighted by molar-refractivity contribution is -0.132. The second kappa shape index (κ2) is 8.53. The number of hydrogen-bond acceptors (Lipinski definition) is 5. The zero-order valence-electron chi connectivity index (χ0n) is 12.9. The number of aliphatic imine (C=N–C) groups is 1. The van der Waals surface area contributed by atoms with Crippen LogP contribution in [-0.4, -0.2) is 38.1 Å². The van der Waals surface area contributed by atoms with Crippen molar-refractivity contribution in [1.82, 2.24) is 0 Å². The normalized spacial score (nSPS) is 11.3. The largest absolute Gasteiger partial charge is 0.496 e. The van der Waals surface area contributed by atoms with E-state index in [2.05, 4.69) is 25.7 Å². The molecule has 22 heavy (non-hydrogen) atoms. The SMILES string of the molecule is COC(=O)C(Cc1ccc(OC)c(Br)c1)=NC(=O)OC(C)C. The van der Waals surface area contributed by atoms with Gasteiger partial charge in [-0.3, -0.25) is 0 Å². The molecule has 7 heteroatoms. The highest BCUT2D eigenvalue weighted by atomic mass is 79.9. The molecule has 0 aliphatic carbocycles. The minimum Gasteiger partial charge on any atom is -0.496 e. The van der Waals surface area contributed by atoms with Gasteiger partial charge in [0.1, 0.15) is 11.5 Å². The molecule has 0 N–H and O–H groups in total. The first-order chi connectivity index (χ1) is 10.4. The predicted octanol–water partition coefficient (Wildman–Crippen LogP) is 3.16. The van der Waals surface area contributed by atoms with E-state index in [0.717, 1.165) is 10.0 Å². The van der Waals surface area contributed by atoms with E-state index in [0.29, 0.717) is 5.75 Å². The fourth-order valence-electron chi connectivity index (χ4n) is 1.63. The average molecular weight is 372 g/mol. The molecular formula is C15H18BrNO5. The molecule has 0 aliphatic rings. The van der Waals surface area contributed by atoms with Crippen LogP contribution in [0.4, 0.5) is 4.79 Å². The minimum absolute atomic E-state index is 0.0229. The summed E-state index contributed by atoms with van der Waals surface area (Å²) in [6, 6.07) is 5.31. The molecule has 0 spiro atoms. The number of carbonyl (C=O) groups excluding carboxylic acids is 2. The van der Waals surface area contributed by atoms with E-state index in [1.165, 1.54) is 7.11 Å². The van der Waals surface area contributed by atoms with Crippen LogP contribution < -0.4 is 4.74 Å². The van der Waals surface area contributed by atoms with E-state index < -0.39 is 12.1 Å². The quantitative estimate of drug-likeness (QED) is 0.586. The molecule has 0 fully saturated rings. The van der Waals surface area contributed by atoms with Crippen molar-refractivity contribution in [2.75, 3.05) is 14.2 Å². The fraction of sp³-hybridized carbons (Fsp3) is 0.400. The summed E-state index contributed by atoms with van der Waals surface area (Å²) < 4.78 is 15.4. The Labute approximate surface area is 137 Å². The topological polar surface area (TPSA) is 74.2 Å². The van der Waals surface area contributed by atoms with E-state index >= 15 is 0 Å². The van der Waals surface area contributed by atoms with Gasteiger partial charge in [0.2, 0.25) is 0 Å². The van der Waals surface area contributed by atoms with Gasteiger partial charge in [0, 0.05) is 6.42 Å². The maximum absolute atomic E-state index is 11.7. The van der Waals surface area contributed by atoms with Crippen LogP contribution in [0.25, 0.3) is 0 Å². The molecule has 0 aromatic heterocycles. The first-order valence-electron chi connectivity index (χ1n) is 6.56. The molecule has 0 atom stereocenters. The van der Waals surface area contributed by atoms with Gasteiger partial charge in [-0.25, -0.2) is 9.59 Å². The monoisotopic (exact) mass is 371 g/mol. The van der Waals surface area contributed by atoms with Crippen molar-refractivity contribution < 1.29 is 23.8 Å². The van der Waals surface area contributed by atoms with E-state index in [1.807, 2.05) is 0 Å². The van der Waals surface area contributed by atoms with Crippen LogP contribution in [0.2, 0.25) is 0 Å². The molecule has 6 nitrogen and oxygen atoms in total. The molecule has 1 amide bonds. The number of hydrogen-bond donors (Lipinski definition) is 0. The summed E-state index contributed by atoms with van der Waals surface area (Å²) in [4.78, 5) is 27.0. The predicted molar refractivity (Wildman–Crippen MR) is 85.5 cm³/mol. The summed E-state index contributed by atoms with van der Waals surface area (Å²) in [5, 5.41) is 0. The second-order valence-electron chi connectivity index (χ2n) is 4.63. The van der Waals surface area contributed by atoms with Gasteiger partial charge >= 0.3 is 12.1 Å². The number of nitrogens with zero attached hydrogens (tertiary/aromatic N) is 1. The number of carbonyl (C=O) groups is 2. The standard InChI is InChI=1S/C15H18BrNO5/c1-9(2)22-15(19)17-12(14(18)21-4)8-10-5-6-13(20-3)11(16)7-10/h5-7,9H,8H2,1-4H3. The third kappa shape index (κ3) is 5.48. The number of benzene rings is 1.